The molecule has 3 aromatic rings. The maximum Gasteiger partial charge on any atom is 0.259 e. The first kappa shape index (κ1) is 18.5. The minimum absolute atomic E-state index is 0.248. The Labute approximate surface area is 170 Å². The Morgan fingerprint density at radius 2 is 2.14 bits per heavy atom. The minimum atomic E-state index is -0.248. The maximum atomic E-state index is 12.8. The van der Waals surface area contributed by atoms with Gasteiger partial charge in [-0.1, -0.05) is 28.1 Å². The Morgan fingerprint density at radius 1 is 1.36 bits per heavy atom. The Kier molecular flexibility index (Phi) is 4.78. The molecule has 0 bridgehead atoms. The van der Waals surface area contributed by atoms with Gasteiger partial charge in [0.15, 0.2) is 5.84 Å². The number of carbonyl (C=O) groups is 1. The molecule has 5 N–H and O–H groups in total. The second-order valence-corrected chi connectivity index (χ2v) is 7.73. The van der Waals surface area contributed by atoms with E-state index in [0.29, 0.717) is 28.2 Å². The molecule has 0 saturated heterocycles. The maximum absolute atomic E-state index is 12.8. The topological polar surface area (TPSA) is 114 Å². The van der Waals surface area contributed by atoms with Gasteiger partial charge in [-0.3, -0.25) is 4.79 Å². The van der Waals surface area contributed by atoms with Crippen LogP contribution in [-0.4, -0.2) is 32.5 Å². The van der Waals surface area contributed by atoms with Crippen molar-refractivity contribution in [2.24, 2.45) is 16.7 Å². The fourth-order valence-electron chi connectivity index (χ4n) is 2.84. The van der Waals surface area contributed by atoms with E-state index >= 15 is 0 Å². The Hall–Kier alpha value is -2.91. The molecule has 0 radical (unpaired) electrons. The third kappa shape index (κ3) is 3.71. The van der Waals surface area contributed by atoms with Gasteiger partial charge in [0.25, 0.3) is 5.91 Å². The van der Waals surface area contributed by atoms with E-state index in [1.54, 1.807) is 23.0 Å². The number of hydrazone groups is 1. The van der Waals surface area contributed by atoms with Crippen LogP contribution in [0.5, 0.6) is 0 Å². The second-order valence-electron chi connectivity index (χ2n) is 6.81. The number of amidine groups is 1. The number of nitrogens with one attached hydrogen (secondary N) is 1. The van der Waals surface area contributed by atoms with Gasteiger partial charge in [-0.15, -0.1) is 5.10 Å². The average Bonchev–Trinajstić information content (AvgIpc) is 3.43. The predicted molar refractivity (Wildman–Crippen MR) is 112 cm³/mol. The Balaban J connectivity index is 1.60. The van der Waals surface area contributed by atoms with E-state index in [9.17, 15) is 4.79 Å². The van der Waals surface area contributed by atoms with Gasteiger partial charge >= 0.3 is 0 Å². The van der Waals surface area contributed by atoms with Crippen LogP contribution >= 0.6 is 15.9 Å². The van der Waals surface area contributed by atoms with E-state index in [-0.39, 0.29) is 11.9 Å². The highest BCUT2D eigenvalue weighted by molar-refractivity contribution is 9.10. The lowest BCUT2D eigenvalue weighted by molar-refractivity contribution is 0.102. The molecule has 4 rings (SSSR count). The lowest BCUT2D eigenvalue weighted by Gasteiger charge is -2.14. The van der Waals surface area contributed by atoms with Crippen molar-refractivity contribution in [1.82, 2.24) is 14.7 Å². The molecular formula is C19H20BrN7O. The number of benzene rings is 1. The molecular weight excluding hydrogens is 422 g/mol. The lowest BCUT2D eigenvalue weighted by atomic mass is 10.1. The SMILES string of the molecule is Cc1ccc(/C(N)=N/N(N)C2CC2)cc1NC(=O)c1cnn2ccc(Br)cc12. The second kappa shape index (κ2) is 7.25. The van der Waals surface area contributed by atoms with E-state index in [4.69, 9.17) is 11.6 Å². The lowest BCUT2D eigenvalue weighted by Crippen LogP contribution is -2.31. The molecule has 28 heavy (non-hydrogen) atoms. The van der Waals surface area contributed by atoms with Gasteiger partial charge in [0.05, 0.1) is 23.3 Å². The zero-order valence-electron chi connectivity index (χ0n) is 15.3. The van der Waals surface area contributed by atoms with Gasteiger partial charge in [0, 0.05) is 21.9 Å². The zero-order chi connectivity index (χ0) is 19.8. The fourth-order valence-corrected chi connectivity index (χ4v) is 3.17. The van der Waals surface area contributed by atoms with Crippen LogP contribution in [0.3, 0.4) is 0 Å². The van der Waals surface area contributed by atoms with Crippen LogP contribution in [0.1, 0.15) is 34.3 Å². The van der Waals surface area contributed by atoms with E-state index in [1.165, 1.54) is 5.12 Å². The number of hydrogen-bond acceptors (Lipinski definition) is 5. The highest BCUT2D eigenvalue weighted by Gasteiger charge is 2.26. The normalized spacial score (nSPS) is 14.3. The van der Waals surface area contributed by atoms with Crippen molar-refractivity contribution in [1.29, 1.82) is 0 Å². The first-order valence-electron chi connectivity index (χ1n) is 8.85. The van der Waals surface area contributed by atoms with E-state index in [1.807, 2.05) is 31.2 Å². The van der Waals surface area contributed by atoms with Crippen molar-refractivity contribution in [3.05, 3.63) is 63.9 Å². The summed E-state index contributed by atoms with van der Waals surface area (Å²) in [7, 11) is 0. The molecule has 2 aromatic heterocycles. The quantitative estimate of drug-likeness (QED) is 0.243. The standard InChI is InChI=1S/C19H20BrN7O/c1-11-2-3-12(18(21)25-27(22)14-4-5-14)8-16(11)24-19(28)15-10-23-26-7-6-13(20)9-17(15)26/h2-3,6-10,14H,4-5,22H2,1H3,(H2,21,25)(H,24,28). The zero-order valence-corrected chi connectivity index (χ0v) is 16.8. The van der Waals surface area contributed by atoms with Crippen LogP contribution in [0.4, 0.5) is 5.69 Å². The van der Waals surface area contributed by atoms with E-state index in [2.05, 4.69) is 31.4 Å². The van der Waals surface area contributed by atoms with Crippen LogP contribution in [-0.2, 0) is 0 Å². The van der Waals surface area contributed by atoms with Crippen LogP contribution in [0, 0.1) is 6.92 Å². The molecule has 1 saturated carbocycles. The Bertz CT molecular complexity index is 1090. The number of nitrogens with two attached hydrogens (primary N) is 2. The number of hydrogen-bond donors (Lipinski definition) is 3. The van der Waals surface area contributed by atoms with Gasteiger partial charge in [-0.25, -0.2) is 15.5 Å². The molecule has 8 nitrogen and oxygen atoms in total. The molecule has 0 atom stereocenters. The number of halogens is 1. The molecule has 1 amide bonds. The highest BCUT2D eigenvalue weighted by Crippen LogP contribution is 2.25. The van der Waals surface area contributed by atoms with Gasteiger partial charge < -0.3 is 11.1 Å². The molecule has 0 unspecified atom stereocenters. The van der Waals surface area contributed by atoms with Crippen molar-refractivity contribution in [2.75, 3.05) is 5.32 Å². The number of aryl methyl sites for hydroxylation is 1. The summed E-state index contributed by atoms with van der Waals surface area (Å²) in [6.07, 6.45) is 5.39. The number of carbonyl (C=O) groups excluding carboxylic acids is 1. The summed E-state index contributed by atoms with van der Waals surface area (Å²) in [5, 5.41) is 12.8. The van der Waals surface area contributed by atoms with Crippen molar-refractivity contribution in [3.8, 4) is 0 Å². The van der Waals surface area contributed by atoms with Crippen LogP contribution in [0.25, 0.3) is 5.52 Å². The van der Waals surface area contributed by atoms with Crippen molar-refractivity contribution in [3.63, 3.8) is 0 Å². The summed E-state index contributed by atoms with van der Waals surface area (Å²) in [5.41, 5.74) is 9.55. The first-order chi connectivity index (χ1) is 13.4. The minimum Gasteiger partial charge on any atom is -0.382 e. The Morgan fingerprint density at radius 3 is 2.89 bits per heavy atom. The van der Waals surface area contributed by atoms with Gasteiger partial charge in [0.1, 0.15) is 0 Å². The van der Waals surface area contributed by atoms with Crippen LogP contribution < -0.4 is 16.9 Å². The summed E-state index contributed by atoms with van der Waals surface area (Å²) in [6.45, 7) is 1.92. The predicted octanol–water partition coefficient (Wildman–Crippen LogP) is 2.62. The van der Waals surface area contributed by atoms with Crippen molar-refractivity contribution < 1.29 is 4.79 Å². The van der Waals surface area contributed by atoms with E-state index in [0.717, 1.165) is 22.9 Å². The van der Waals surface area contributed by atoms with Crippen molar-refractivity contribution in [2.45, 2.75) is 25.8 Å². The molecule has 9 heteroatoms. The van der Waals surface area contributed by atoms with Gasteiger partial charge in [0.2, 0.25) is 0 Å². The number of rotatable bonds is 5. The number of hydrazine groups is 1. The monoisotopic (exact) mass is 441 g/mol. The molecule has 144 valence electrons. The van der Waals surface area contributed by atoms with Crippen LogP contribution in [0.2, 0.25) is 0 Å². The van der Waals surface area contributed by atoms with Crippen molar-refractivity contribution >= 4 is 38.9 Å². The molecule has 1 aliphatic rings. The fraction of sp³-hybridized carbons (Fsp3) is 0.211. The molecule has 2 heterocycles. The number of nitrogens with zero attached hydrogens (tertiary/aromatic N) is 4. The van der Waals surface area contributed by atoms with Gasteiger partial charge in [-0.2, -0.15) is 5.10 Å². The summed E-state index contributed by atoms with van der Waals surface area (Å²) in [6, 6.07) is 9.52. The number of fused-ring (bicyclic) bond motifs is 1. The summed E-state index contributed by atoms with van der Waals surface area (Å²) in [4.78, 5) is 12.8. The average molecular weight is 442 g/mol. The third-order valence-electron chi connectivity index (χ3n) is 4.65. The van der Waals surface area contributed by atoms with Gasteiger partial charge in [-0.05, 0) is 43.5 Å². The number of amides is 1. The molecule has 1 aliphatic carbocycles. The molecule has 1 aromatic carbocycles. The molecule has 1 fully saturated rings. The highest BCUT2D eigenvalue weighted by atomic mass is 79.9. The van der Waals surface area contributed by atoms with Crippen LogP contribution in [0.15, 0.2) is 52.3 Å². The largest absolute Gasteiger partial charge is 0.382 e. The first-order valence-corrected chi connectivity index (χ1v) is 9.65. The number of anilines is 1. The number of pyridine rings is 1. The molecule has 0 spiro atoms. The summed E-state index contributed by atoms with van der Waals surface area (Å²) < 4.78 is 2.53. The summed E-state index contributed by atoms with van der Waals surface area (Å²) >= 11 is 3.42. The number of aromatic nitrogens is 2. The molecule has 0 aliphatic heterocycles. The summed E-state index contributed by atoms with van der Waals surface area (Å²) in [5.74, 6) is 5.94. The third-order valence-corrected chi connectivity index (χ3v) is 5.15. The smallest absolute Gasteiger partial charge is 0.259 e. The van der Waals surface area contributed by atoms with E-state index < -0.39 is 0 Å².